The van der Waals surface area contributed by atoms with Crippen LogP contribution in [0.15, 0.2) is 41.3 Å². The molecule has 4 rings (SSSR count). The Balaban J connectivity index is 1.55. The predicted octanol–water partition coefficient (Wildman–Crippen LogP) is 3.12. The van der Waals surface area contributed by atoms with Gasteiger partial charge < -0.3 is 15.5 Å². The second-order valence-corrected chi connectivity index (χ2v) is 7.07. The van der Waals surface area contributed by atoms with E-state index in [4.69, 9.17) is 21.8 Å². The second-order valence-electron chi connectivity index (χ2n) is 6.67. The number of ketones is 1. The third-order valence-electron chi connectivity index (χ3n) is 4.82. The quantitative estimate of drug-likeness (QED) is 0.654. The van der Waals surface area contributed by atoms with Gasteiger partial charge in [0.2, 0.25) is 0 Å². The summed E-state index contributed by atoms with van der Waals surface area (Å²) >= 11 is 6.30. The number of anilines is 1. The van der Waals surface area contributed by atoms with Gasteiger partial charge in [-0.3, -0.25) is 9.48 Å². The number of oxazole rings is 1. The summed E-state index contributed by atoms with van der Waals surface area (Å²) < 4.78 is 6.94. The van der Waals surface area contributed by atoms with Gasteiger partial charge in [-0.05, 0) is 49.2 Å². The highest BCUT2D eigenvalue weighted by atomic mass is 35.5. The Morgan fingerprint density at radius 3 is 2.89 bits per heavy atom. The number of nitrogens with two attached hydrogens (primary N) is 1. The maximum atomic E-state index is 12.4. The third-order valence-corrected chi connectivity index (χ3v) is 5.19. The Hall–Kier alpha value is -2.64. The van der Waals surface area contributed by atoms with Crippen molar-refractivity contribution in [3.63, 3.8) is 0 Å². The molecular formula is C19H20ClN5O2. The molecule has 1 aromatic carbocycles. The molecule has 0 radical (unpaired) electrons. The number of piperidine rings is 1. The van der Waals surface area contributed by atoms with Crippen LogP contribution in [0.5, 0.6) is 0 Å². The molecule has 140 valence electrons. The van der Waals surface area contributed by atoms with Crippen LogP contribution in [0.25, 0.3) is 11.1 Å². The van der Waals surface area contributed by atoms with Gasteiger partial charge in [-0.25, -0.2) is 0 Å². The molecule has 0 saturated carbocycles. The number of nitrogens with zero attached hydrogens (tertiary/aromatic N) is 3. The number of hydrogen-bond acceptors (Lipinski definition) is 6. The number of nitrogen functional groups attached to an aromatic ring is 1. The molecule has 0 spiro atoms. The van der Waals surface area contributed by atoms with Crippen molar-refractivity contribution in [3.8, 4) is 11.1 Å². The monoisotopic (exact) mass is 385 g/mol. The molecule has 3 N–H and O–H groups in total. The van der Waals surface area contributed by atoms with E-state index in [1.807, 2.05) is 23.0 Å². The van der Waals surface area contributed by atoms with Crippen LogP contribution in [0.1, 0.15) is 34.9 Å². The van der Waals surface area contributed by atoms with Gasteiger partial charge in [0, 0.05) is 23.2 Å². The van der Waals surface area contributed by atoms with Gasteiger partial charge in [-0.15, -0.1) is 0 Å². The minimum absolute atomic E-state index is 0.0245. The van der Waals surface area contributed by atoms with Crippen LogP contribution in [0.4, 0.5) is 6.01 Å². The number of benzene rings is 1. The summed E-state index contributed by atoms with van der Waals surface area (Å²) in [5.74, 6) is -0.195. The van der Waals surface area contributed by atoms with Crippen molar-refractivity contribution in [1.29, 1.82) is 0 Å². The summed E-state index contributed by atoms with van der Waals surface area (Å²) in [6, 6.07) is 6.06. The highest BCUT2D eigenvalue weighted by Gasteiger charge is 2.17. The number of halogens is 1. The molecule has 27 heavy (non-hydrogen) atoms. The Labute approximate surface area is 161 Å². The van der Waals surface area contributed by atoms with Gasteiger partial charge in [0.25, 0.3) is 6.01 Å². The number of hydrogen-bond donors (Lipinski definition) is 2. The standard InChI is InChI=1S/C19H20ClN5O2/c20-16-2-1-12(7-13(16)8-18(26)17-11-27-19(21)24-17)14-9-23-25(10-14)15-3-5-22-6-4-15/h1-2,7,9-11,15,22H,3-6,8H2,(H2,21,24). The van der Waals surface area contributed by atoms with E-state index in [1.165, 1.54) is 6.26 Å². The fourth-order valence-corrected chi connectivity index (χ4v) is 3.51. The van der Waals surface area contributed by atoms with Gasteiger partial charge in [-0.1, -0.05) is 17.7 Å². The lowest BCUT2D eigenvalue weighted by molar-refractivity contribution is 0.0988. The first-order valence-electron chi connectivity index (χ1n) is 8.88. The fraction of sp³-hybridized carbons (Fsp3) is 0.316. The lowest BCUT2D eigenvalue weighted by Gasteiger charge is -2.22. The summed E-state index contributed by atoms with van der Waals surface area (Å²) in [4.78, 5) is 16.3. The number of aromatic nitrogens is 3. The molecular weight excluding hydrogens is 366 g/mol. The van der Waals surface area contributed by atoms with Crippen molar-refractivity contribution in [3.05, 3.63) is 53.1 Å². The number of Topliss-reactive ketones (excluding diaryl/α,β-unsaturated/α-hetero) is 1. The Morgan fingerprint density at radius 2 is 2.15 bits per heavy atom. The second kappa shape index (κ2) is 7.54. The predicted molar refractivity (Wildman–Crippen MR) is 103 cm³/mol. The van der Waals surface area contributed by atoms with Gasteiger partial charge in [0.1, 0.15) is 12.0 Å². The van der Waals surface area contributed by atoms with Crippen LogP contribution < -0.4 is 11.1 Å². The average molecular weight is 386 g/mol. The minimum atomic E-state index is -0.195. The highest BCUT2D eigenvalue weighted by molar-refractivity contribution is 6.31. The molecule has 1 aliphatic heterocycles. The van der Waals surface area contributed by atoms with Crippen molar-refractivity contribution in [2.24, 2.45) is 0 Å². The topological polar surface area (TPSA) is 99.0 Å². The molecule has 7 nitrogen and oxygen atoms in total. The zero-order chi connectivity index (χ0) is 18.8. The largest absolute Gasteiger partial charge is 0.432 e. The first-order chi connectivity index (χ1) is 13.1. The van der Waals surface area contributed by atoms with Crippen LogP contribution in [-0.4, -0.2) is 33.6 Å². The first kappa shape index (κ1) is 17.8. The maximum absolute atomic E-state index is 12.4. The Morgan fingerprint density at radius 1 is 1.33 bits per heavy atom. The van der Waals surface area contributed by atoms with Crippen molar-refractivity contribution >= 4 is 23.4 Å². The van der Waals surface area contributed by atoms with Gasteiger partial charge in [0.15, 0.2) is 5.78 Å². The third kappa shape index (κ3) is 3.89. The normalized spacial score (nSPS) is 15.1. The van der Waals surface area contributed by atoms with E-state index in [2.05, 4.69) is 21.6 Å². The molecule has 3 aromatic rings. The van der Waals surface area contributed by atoms with E-state index < -0.39 is 0 Å². The number of nitrogens with one attached hydrogen (secondary N) is 1. The summed E-state index contributed by atoms with van der Waals surface area (Å²) in [5.41, 5.74) is 8.35. The van der Waals surface area contributed by atoms with E-state index in [1.54, 1.807) is 6.07 Å². The van der Waals surface area contributed by atoms with E-state index in [0.717, 1.165) is 42.6 Å². The zero-order valence-corrected chi connectivity index (χ0v) is 15.4. The molecule has 0 bridgehead atoms. The average Bonchev–Trinajstić information content (AvgIpc) is 3.34. The van der Waals surface area contributed by atoms with Gasteiger partial charge in [-0.2, -0.15) is 10.1 Å². The minimum Gasteiger partial charge on any atom is -0.432 e. The number of carbonyl (C=O) groups is 1. The molecule has 1 saturated heterocycles. The van der Waals surface area contributed by atoms with Gasteiger partial charge in [0.05, 0.1) is 12.2 Å². The van der Waals surface area contributed by atoms with Crippen molar-refractivity contribution < 1.29 is 9.21 Å². The fourth-order valence-electron chi connectivity index (χ4n) is 3.33. The van der Waals surface area contributed by atoms with Crippen LogP contribution >= 0.6 is 11.6 Å². The van der Waals surface area contributed by atoms with Crippen LogP contribution in [0.2, 0.25) is 5.02 Å². The zero-order valence-electron chi connectivity index (χ0n) is 14.7. The summed E-state index contributed by atoms with van der Waals surface area (Å²) in [5, 5.41) is 8.43. The van der Waals surface area contributed by atoms with Crippen LogP contribution in [0, 0.1) is 0 Å². The molecule has 2 aromatic heterocycles. The molecule has 0 unspecified atom stereocenters. The molecule has 0 amide bonds. The molecule has 1 aliphatic rings. The summed E-state index contributed by atoms with van der Waals surface area (Å²) in [7, 11) is 0. The van der Waals surface area contributed by atoms with Crippen molar-refractivity contribution in [2.45, 2.75) is 25.3 Å². The Bertz CT molecular complexity index is 959. The smallest absolute Gasteiger partial charge is 0.292 e. The van der Waals surface area contributed by atoms with Crippen molar-refractivity contribution in [2.75, 3.05) is 18.8 Å². The first-order valence-corrected chi connectivity index (χ1v) is 9.26. The number of carbonyl (C=O) groups excluding carboxylic acids is 1. The van der Waals surface area contributed by atoms with Crippen LogP contribution in [0.3, 0.4) is 0 Å². The SMILES string of the molecule is Nc1nc(C(=O)Cc2cc(-c3cnn(C4CCNCC4)c3)ccc2Cl)co1. The highest BCUT2D eigenvalue weighted by Crippen LogP contribution is 2.28. The lowest BCUT2D eigenvalue weighted by atomic mass is 10.0. The molecule has 0 aliphatic carbocycles. The molecule has 3 heterocycles. The summed E-state index contributed by atoms with van der Waals surface area (Å²) in [6.45, 7) is 2.03. The van der Waals surface area contributed by atoms with E-state index in [-0.39, 0.29) is 23.9 Å². The van der Waals surface area contributed by atoms with E-state index in [0.29, 0.717) is 11.1 Å². The van der Waals surface area contributed by atoms with E-state index >= 15 is 0 Å². The summed E-state index contributed by atoms with van der Waals surface area (Å²) in [6.07, 6.45) is 7.45. The Kier molecular flexibility index (Phi) is 4.96. The molecule has 1 fully saturated rings. The van der Waals surface area contributed by atoms with Crippen LogP contribution in [-0.2, 0) is 6.42 Å². The number of rotatable bonds is 5. The molecule has 0 atom stereocenters. The van der Waals surface area contributed by atoms with E-state index in [9.17, 15) is 4.79 Å². The lowest BCUT2D eigenvalue weighted by Crippen LogP contribution is -2.29. The molecule has 8 heteroatoms. The van der Waals surface area contributed by atoms with Crippen molar-refractivity contribution in [1.82, 2.24) is 20.1 Å². The van der Waals surface area contributed by atoms with Gasteiger partial charge >= 0.3 is 0 Å². The maximum Gasteiger partial charge on any atom is 0.292 e.